The van der Waals surface area contributed by atoms with Crippen LogP contribution in [0.1, 0.15) is 25.7 Å². The van der Waals surface area contributed by atoms with Crippen LogP contribution in [0.3, 0.4) is 0 Å². The summed E-state index contributed by atoms with van der Waals surface area (Å²) in [5.74, 6) is -0.537. The Kier molecular flexibility index (Phi) is 4.45. The molecule has 1 atom stereocenters. The average Bonchev–Trinajstić information content (AvgIpc) is 3.11. The lowest BCUT2D eigenvalue weighted by molar-refractivity contribution is -0.120. The van der Waals surface area contributed by atoms with Crippen molar-refractivity contribution in [1.29, 1.82) is 0 Å². The summed E-state index contributed by atoms with van der Waals surface area (Å²) in [5, 5.41) is 7.31. The van der Waals surface area contributed by atoms with E-state index in [2.05, 4.69) is 16.0 Å². The number of carbonyl (C=O) groups is 4. The van der Waals surface area contributed by atoms with Crippen LogP contribution in [0.15, 0.2) is 24.3 Å². The fourth-order valence-corrected chi connectivity index (χ4v) is 2.81. The predicted octanol–water partition coefficient (Wildman–Crippen LogP) is 0.740. The molecule has 2 aliphatic rings. The van der Waals surface area contributed by atoms with Crippen molar-refractivity contribution in [3.63, 3.8) is 0 Å². The van der Waals surface area contributed by atoms with E-state index in [-0.39, 0.29) is 24.7 Å². The summed E-state index contributed by atoms with van der Waals surface area (Å²) in [6.45, 7) is 0.722. The Balaban J connectivity index is 1.50. The highest BCUT2D eigenvalue weighted by Crippen LogP contribution is 2.23. The van der Waals surface area contributed by atoms with E-state index in [4.69, 9.17) is 0 Å². The number of carbonyl (C=O) groups excluding carboxylic acids is 4. The summed E-state index contributed by atoms with van der Waals surface area (Å²) in [4.78, 5) is 47.7. The molecule has 0 aliphatic carbocycles. The first kappa shape index (κ1) is 16.0. The Bertz CT molecular complexity index is 686. The molecule has 3 rings (SSSR count). The Hall–Kier alpha value is -2.90. The summed E-state index contributed by atoms with van der Waals surface area (Å²) in [6.07, 6.45) is 1.79. The molecule has 1 aromatic carbocycles. The SMILES string of the molecule is O=C(CC[C@H]1NC(=O)NC1=O)Nc1ccc(N2CCCC2=O)cc1. The van der Waals surface area contributed by atoms with Crippen LogP contribution in [0.25, 0.3) is 0 Å². The molecule has 126 valence electrons. The molecule has 0 spiro atoms. The van der Waals surface area contributed by atoms with Crippen molar-refractivity contribution in [3.05, 3.63) is 24.3 Å². The van der Waals surface area contributed by atoms with Crippen molar-refractivity contribution in [2.45, 2.75) is 31.7 Å². The Labute approximate surface area is 138 Å². The van der Waals surface area contributed by atoms with Gasteiger partial charge in [0, 0.05) is 30.8 Å². The predicted molar refractivity (Wildman–Crippen MR) is 86.4 cm³/mol. The van der Waals surface area contributed by atoms with Gasteiger partial charge in [-0.05, 0) is 37.1 Å². The summed E-state index contributed by atoms with van der Waals surface area (Å²) < 4.78 is 0. The highest BCUT2D eigenvalue weighted by Gasteiger charge is 2.29. The topological polar surface area (TPSA) is 108 Å². The molecule has 8 heteroatoms. The van der Waals surface area contributed by atoms with Crippen molar-refractivity contribution >= 4 is 35.1 Å². The number of nitrogens with one attached hydrogen (secondary N) is 3. The quantitative estimate of drug-likeness (QED) is 0.692. The molecular weight excluding hydrogens is 312 g/mol. The van der Waals surface area contributed by atoms with Crippen LogP contribution in [-0.2, 0) is 14.4 Å². The van der Waals surface area contributed by atoms with Crippen LogP contribution in [0.5, 0.6) is 0 Å². The summed E-state index contributed by atoms with van der Waals surface area (Å²) in [7, 11) is 0. The lowest BCUT2D eigenvalue weighted by Crippen LogP contribution is -2.30. The van der Waals surface area contributed by atoms with Gasteiger partial charge in [0.25, 0.3) is 5.91 Å². The molecule has 2 fully saturated rings. The van der Waals surface area contributed by atoms with E-state index in [1.807, 2.05) is 0 Å². The molecule has 8 nitrogen and oxygen atoms in total. The lowest BCUT2D eigenvalue weighted by atomic mass is 10.1. The van der Waals surface area contributed by atoms with Gasteiger partial charge < -0.3 is 15.5 Å². The zero-order valence-corrected chi connectivity index (χ0v) is 13.0. The van der Waals surface area contributed by atoms with Crippen LogP contribution < -0.4 is 20.9 Å². The van der Waals surface area contributed by atoms with Crippen molar-refractivity contribution in [3.8, 4) is 0 Å². The molecule has 0 aromatic heterocycles. The third-order valence-corrected chi connectivity index (χ3v) is 4.05. The second-order valence-electron chi connectivity index (χ2n) is 5.80. The first-order valence-electron chi connectivity index (χ1n) is 7.84. The van der Waals surface area contributed by atoms with Gasteiger partial charge in [0.15, 0.2) is 0 Å². The van der Waals surface area contributed by atoms with Crippen LogP contribution in [0, 0.1) is 0 Å². The fourth-order valence-electron chi connectivity index (χ4n) is 2.81. The molecule has 2 saturated heterocycles. The van der Waals surface area contributed by atoms with Crippen LogP contribution in [0.2, 0.25) is 0 Å². The minimum atomic E-state index is -0.660. The number of hydrogen-bond donors (Lipinski definition) is 3. The summed E-state index contributed by atoms with van der Waals surface area (Å²) >= 11 is 0. The van der Waals surface area contributed by atoms with Crippen molar-refractivity contribution < 1.29 is 19.2 Å². The normalized spacial score (nSPS) is 20.1. The number of urea groups is 1. The summed E-state index contributed by atoms with van der Waals surface area (Å²) in [5.41, 5.74) is 1.44. The second-order valence-corrected chi connectivity index (χ2v) is 5.80. The number of rotatable bonds is 5. The average molecular weight is 330 g/mol. The molecule has 1 aromatic rings. The number of hydrogen-bond acceptors (Lipinski definition) is 4. The van der Waals surface area contributed by atoms with Gasteiger partial charge in [0.2, 0.25) is 11.8 Å². The van der Waals surface area contributed by atoms with Gasteiger partial charge in [0.1, 0.15) is 6.04 Å². The molecule has 24 heavy (non-hydrogen) atoms. The number of nitrogens with zero attached hydrogens (tertiary/aromatic N) is 1. The van der Waals surface area contributed by atoms with Crippen LogP contribution in [0.4, 0.5) is 16.2 Å². The third-order valence-electron chi connectivity index (χ3n) is 4.05. The number of benzene rings is 1. The van der Waals surface area contributed by atoms with Gasteiger partial charge in [-0.2, -0.15) is 0 Å². The molecule has 0 saturated carbocycles. The zero-order chi connectivity index (χ0) is 17.1. The lowest BCUT2D eigenvalue weighted by Gasteiger charge is -2.16. The van der Waals surface area contributed by atoms with Crippen molar-refractivity contribution in [2.24, 2.45) is 0 Å². The van der Waals surface area contributed by atoms with Crippen molar-refractivity contribution in [1.82, 2.24) is 10.6 Å². The fraction of sp³-hybridized carbons (Fsp3) is 0.375. The number of amides is 5. The Morgan fingerprint density at radius 1 is 1.21 bits per heavy atom. The maximum atomic E-state index is 11.9. The molecule has 2 aliphatic heterocycles. The molecule has 2 heterocycles. The molecular formula is C16H18N4O4. The number of imide groups is 1. The van der Waals surface area contributed by atoms with E-state index in [0.717, 1.165) is 18.7 Å². The summed E-state index contributed by atoms with van der Waals surface area (Å²) in [6, 6.07) is 5.88. The largest absolute Gasteiger partial charge is 0.326 e. The standard InChI is InChI=1S/C16H18N4O4/c21-13(8-7-12-15(23)19-16(24)18-12)17-10-3-5-11(6-4-10)20-9-1-2-14(20)22/h3-6,12H,1-2,7-9H2,(H,17,21)(H2,18,19,23,24)/t12-/m1/s1. The third kappa shape index (κ3) is 3.53. The van der Waals surface area contributed by atoms with Gasteiger partial charge in [0.05, 0.1) is 0 Å². The molecule has 5 amide bonds. The minimum Gasteiger partial charge on any atom is -0.326 e. The van der Waals surface area contributed by atoms with Gasteiger partial charge in [-0.25, -0.2) is 4.79 Å². The number of anilines is 2. The Morgan fingerprint density at radius 3 is 2.54 bits per heavy atom. The van der Waals surface area contributed by atoms with E-state index in [1.54, 1.807) is 29.2 Å². The van der Waals surface area contributed by atoms with Gasteiger partial charge >= 0.3 is 6.03 Å². The molecule has 0 unspecified atom stereocenters. The highest BCUT2D eigenvalue weighted by atomic mass is 16.2. The van der Waals surface area contributed by atoms with Gasteiger partial charge in [-0.1, -0.05) is 0 Å². The second kappa shape index (κ2) is 6.69. The van der Waals surface area contributed by atoms with E-state index in [0.29, 0.717) is 12.1 Å². The zero-order valence-electron chi connectivity index (χ0n) is 13.0. The molecule has 0 bridgehead atoms. The smallest absolute Gasteiger partial charge is 0.322 e. The van der Waals surface area contributed by atoms with Crippen LogP contribution >= 0.6 is 0 Å². The van der Waals surface area contributed by atoms with E-state index in [9.17, 15) is 19.2 Å². The maximum absolute atomic E-state index is 11.9. The van der Waals surface area contributed by atoms with Gasteiger partial charge in [-0.3, -0.25) is 19.7 Å². The monoisotopic (exact) mass is 330 g/mol. The Morgan fingerprint density at radius 2 is 1.96 bits per heavy atom. The minimum absolute atomic E-state index is 0.115. The van der Waals surface area contributed by atoms with Crippen molar-refractivity contribution in [2.75, 3.05) is 16.8 Å². The molecule has 3 N–H and O–H groups in total. The highest BCUT2D eigenvalue weighted by molar-refractivity contribution is 6.04. The van der Waals surface area contributed by atoms with E-state index < -0.39 is 18.0 Å². The van der Waals surface area contributed by atoms with Gasteiger partial charge in [-0.15, -0.1) is 0 Å². The maximum Gasteiger partial charge on any atom is 0.322 e. The first-order valence-corrected chi connectivity index (χ1v) is 7.84. The van der Waals surface area contributed by atoms with E-state index >= 15 is 0 Å². The first-order chi connectivity index (χ1) is 11.5. The van der Waals surface area contributed by atoms with Crippen LogP contribution in [-0.4, -0.2) is 36.3 Å². The molecule has 0 radical (unpaired) electrons. The van der Waals surface area contributed by atoms with E-state index in [1.165, 1.54) is 0 Å².